The molecule has 0 radical (unpaired) electrons. The van der Waals surface area contributed by atoms with E-state index in [1.54, 1.807) is 25.1 Å². The summed E-state index contributed by atoms with van der Waals surface area (Å²) >= 11 is 0. The second-order valence-corrected chi connectivity index (χ2v) is 4.66. The van der Waals surface area contributed by atoms with E-state index in [-0.39, 0.29) is 18.1 Å². The van der Waals surface area contributed by atoms with Crippen LogP contribution in [0.15, 0.2) is 22.6 Å². The molecule has 1 aromatic heterocycles. The van der Waals surface area contributed by atoms with Crippen molar-refractivity contribution in [2.45, 2.75) is 13.5 Å². The number of aromatic hydroxyl groups is 1. The molecule has 0 aliphatic rings. The molecule has 1 heterocycles. The Balaban J connectivity index is 2.62. The van der Waals surface area contributed by atoms with E-state index in [2.05, 4.69) is 0 Å². The number of rotatable bonds is 4. The number of phenolic OH excluding ortho intramolecular Hbond substituents is 1. The van der Waals surface area contributed by atoms with Crippen LogP contribution in [0.4, 0.5) is 0 Å². The van der Waals surface area contributed by atoms with Crippen molar-refractivity contribution in [2.75, 3.05) is 20.7 Å². The first kappa shape index (κ1) is 13.4. The van der Waals surface area contributed by atoms with E-state index in [0.29, 0.717) is 23.1 Å². The summed E-state index contributed by atoms with van der Waals surface area (Å²) in [5.41, 5.74) is 1.19. The second-order valence-electron chi connectivity index (χ2n) is 4.66. The summed E-state index contributed by atoms with van der Waals surface area (Å²) in [6, 6.07) is 5.00. The molecule has 1 aromatic carbocycles. The summed E-state index contributed by atoms with van der Waals surface area (Å²) in [7, 11) is 3.93. The molecule has 0 spiro atoms. The van der Waals surface area contributed by atoms with Crippen molar-refractivity contribution in [1.82, 2.24) is 0 Å². The maximum atomic E-state index is 11.9. The van der Waals surface area contributed by atoms with Crippen LogP contribution in [0, 0.1) is 0 Å². The van der Waals surface area contributed by atoms with Gasteiger partial charge in [0.1, 0.15) is 17.9 Å². The summed E-state index contributed by atoms with van der Waals surface area (Å²) in [5.74, 6) is -0.193. The molecule has 102 valence electrons. The number of hydrogen-bond donors (Lipinski definition) is 2. The fourth-order valence-corrected chi connectivity index (χ4v) is 2.08. The van der Waals surface area contributed by atoms with Gasteiger partial charge in [-0.25, -0.2) is 4.79 Å². The molecule has 2 rings (SSSR count). The Hall–Kier alpha value is -2.01. The third kappa shape index (κ3) is 2.56. The van der Waals surface area contributed by atoms with Crippen molar-refractivity contribution in [3.63, 3.8) is 0 Å². The minimum Gasteiger partial charge on any atom is -0.507 e. The number of fused-ring (bicyclic) bond motifs is 1. The molecule has 0 atom stereocenters. The lowest BCUT2D eigenvalue weighted by atomic mass is 10.1. The van der Waals surface area contributed by atoms with Crippen LogP contribution >= 0.6 is 0 Å². The second kappa shape index (κ2) is 5.32. The normalized spacial score (nSPS) is 11.2. The summed E-state index contributed by atoms with van der Waals surface area (Å²) in [6.07, 6.45) is 0. The van der Waals surface area contributed by atoms with E-state index in [4.69, 9.17) is 9.15 Å². The minimum absolute atomic E-state index is 0.119. The lowest BCUT2D eigenvalue weighted by molar-refractivity contribution is -0.872. The van der Waals surface area contributed by atoms with Crippen LogP contribution in [0.25, 0.3) is 11.0 Å². The van der Waals surface area contributed by atoms with Gasteiger partial charge in [0, 0.05) is 0 Å². The van der Waals surface area contributed by atoms with Gasteiger partial charge < -0.3 is 19.2 Å². The topological polar surface area (TPSA) is 64.1 Å². The molecule has 19 heavy (non-hydrogen) atoms. The van der Waals surface area contributed by atoms with Crippen molar-refractivity contribution in [3.05, 3.63) is 29.5 Å². The van der Waals surface area contributed by atoms with Crippen molar-refractivity contribution in [1.29, 1.82) is 0 Å². The van der Waals surface area contributed by atoms with Gasteiger partial charge in [0.2, 0.25) is 5.76 Å². The van der Waals surface area contributed by atoms with Crippen LogP contribution in [0.5, 0.6) is 5.75 Å². The molecule has 0 amide bonds. The number of esters is 1. The highest BCUT2D eigenvalue weighted by molar-refractivity contribution is 5.98. The average molecular weight is 264 g/mol. The molecule has 5 heteroatoms. The lowest BCUT2D eigenvalue weighted by Gasteiger charge is -2.07. The molecular formula is C14H18NO4+. The Morgan fingerprint density at radius 2 is 2.16 bits per heavy atom. The number of phenols is 1. The monoisotopic (exact) mass is 264 g/mol. The molecule has 5 nitrogen and oxygen atoms in total. The van der Waals surface area contributed by atoms with E-state index in [1.807, 2.05) is 14.1 Å². The number of benzene rings is 1. The van der Waals surface area contributed by atoms with Crippen molar-refractivity contribution < 1.29 is 24.0 Å². The Morgan fingerprint density at radius 1 is 1.42 bits per heavy atom. The summed E-state index contributed by atoms with van der Waals surface area (Å²) in [5, 5.41) is 10.6. The predicted octanol–water partition coefficient (Wildman–Crippen LogP) is 0.960. The molecule has 0 unspecified atom stereocenters. The minimum atomic E-state index is -0.491. The summed E-state index contributed by atoms with van der Waals surface area (Å²) < 4.78 is 10.5. The highest BCUT2D eigenvalue weighted by atomic mass is 16.5. The van der Waals surface area contributed by atoms with Crippen molar-refractivity contribution in [3.8, 4) is 5.75 Å². The molecule has 2 N–H and O–H groups in total. The van der Waals surface area contributed by atoms with E-state index < -0.39 is 5.97 Å². The number of ether oxygens (including phenoxy) is 1. The van der Waals surface area contributed by atoms with E-state index in [1.165, 1.54) is 0 Å². The zero-order valence-corrected chi connectivity index (χ0v) is 11.3. The van der Waals surface area contributed by atoms with Crippen molar-refractivity contribution >= 4 is 16.9 Å². The van der Waals surface area contributed by atoms with Crippen LogP contribution in [-0.2, 0) is 11.3 Å². The standard InChI is InChI=1S/C14H17NO4/c1-4-18-14(17)13-9(8-15(2)3)12-10(16)6-5-7-11(12)19-13/h5-7,16H,4,8H2,1-3H3/p+1. The first-order valence-electron chi connectivity index (χ1n) is 6.24. The van der Waals surface area contributed by atoms with Crippen LogP contribution in [-0.4, -0.2) is 31.8 Å². The number of hydrogen-bond acceptors (Lipinski definition) is 4. The lowest BCUT2D eigenvalue weighted by Crippen LogP contribution is -3.04. The van der Waals surface area contributed by atoms with Crippen LogP contribution in [0.2, 0.25) is 0 Å². The third-order valence-electron chi connectivity index (χ3n) is 2.78. The highest BCUT2D eigenvalue weighted by Gasteiger charge is 2.25. The molecule has 0 bridgehead atoms. The van der Waals surface area contributed by atoms with Gasteiger partial charge in [-0.2, -0.15) is 0 Å². The first-order chi connectivity index (χ1) is 9.04. The van der Waals surface area contributed by atoms with Gasteiger partial charge in [-0.1, -0.05) is 6.07 Å². The fourth-order valence-electron chi connectivity index (χ4n) is 2.08. The Kier molecular flexibility index (Phi) is 3.76. The average Bonchev–Trinajstić information content (AvgIpc) is 2.69. The number of furan rings is 1. The molecule has 0 aliphatic carbocycles. The molecule has 0 saturated carbocycles. The van der Waals surface area contributed by atoms with Crippen LogP contribution in [0.3, 0.4) is 0 Å². The van der Waals surface area contributed by atoms with E-state index in [0.717, 1.165) is 4.90 Å². The quantitative estimate of drug-likeness (QED) is 0.807. The summed E-state index contributed by atoms with van der Waals surface area (Å²) in [6.45, 7) is 2.60. The maximum Gasteiger partial charge on any atom is 0.374 e. The van der Waals surface area contributed by atoms with E-state index >= 15 is 0 Å². The number of nitrogens with one attached hydrogen (secondary N) is 1. The van der Waals surface area contributed by atoms with Gasteiger partial charge in [0.15, 0.2) is 0 Å². The number of carbonyl (C=O) groups is 1. The highest BCUT2D eigenvalue weighted by Crippen LogP contribution is 2.32. The maximum absolute atomic E-state index is 11.9. The Labute approximate surface area is 111 Å². The molecule has 0 fully saturated rings. The van der Waals surface area contributed by atoms with E-state index in [9.17, 15) is 9.90 Å². The number of quaternary nitrogens is 1. The smallest absolute Gasteiger partial charge is 0.374 e. The molecule has 2 aromatic rings. The summed E-state index contributed by atoms with van der Waals surface area (Å²) in [4.78, 5) is 13.0. The largest absolute Gasteiger partial charge is 0.507 e. The van der Waals surface area contributed by atoms with Crippen LogP contribution < -0.4 is 4.90 Å². The number of carbonyl (C=O) groups excluding carboxylic acids is 1. The molecule has 0 aliphatic heterocycles. The Morgan fingerprint density at radius 3 is 2.79 bits per heavy atom. The SMILES string of the molecule is CCOC(=O)c1oc2cccc(O)c2c1C[NH+](C)C. The molecular weight excluding hydrogens is 246 g/mol. The predicted molar refractivity (Wildman–Crippen MR) is 70.4 cm³/mol. The van der Waals surface area contributed by atoms with Gasteiger partial charge in [0.25, 0.3) is 0 Å². The Bertz CT molecular complexity index is 601. The van der Waals surface area contributed by atoms with Gasteiger partial charge >= 0.3 is 5.97 Å². The third-order valence-corrected chi connectivity index (χ3v) is 2.78. The zero-order valence-electron chi connectivity index (χ0n) is 11.3. The first-order valence-corrected chi connectivity index (χ1v) is 6.24. The molecule has 0 saturated heterocycles. The van der Waals surface area contributed by atoms with Gasteiger partial charge in [-0.15, -0.1) is 0 Å². The fraction of sp³-hybridized carbons (Fsp3) is 0.357. The van der Waals surface area contributed by atoms with Gasteiger partial charge in [0.05, 0.1) is 31.7 Å². The van der Waals surface area contributed by atoms with Crippen molar-refractivity contribution in [2.24, 2.45) is 0 Å². The van der Waals surface area contributed by atoms with Gasteiger partial charge in [-0.3, -0.25) is 0 Å². The zero-order chi connectivity index (χ0) is 14.0. The van der Waals surface area contributed by atoms with Gasteiger partial charge in [-0.05, 0) is 19.1 Å². The van der Waals surface area contributed by atoms with Crippen LogP contribution in [0.1, 0.15) is 23.0 Å².